The third kappa shape index (κ3) is 4.04. The number of aliphatic hydroxyl groups is 1. The summed E-state index contributed by atoms with van der Waals surface area (Å²) in [6.45, 7) is 3.87. The summed E-state index contributed by atoms with van der Waals surface area (Å²) in [4.78, 5) is 13.9. The summed E-state index contributed by atoms with van der Waals surface area (Å²) in [6.07, 6.45) is 1.12. The van der Waals surface area contributed by atoms with E-state index in [-0.39, 0.29) is 30.0 Å². The van der Waals surface area contributed by atoms with Crippen molar-refractivity contribution in [2.75, 3.05) is 19.4 Å². The second-order valence-corrected chi connectivity index (χ2v) is 6.63. The molecule has 1 rings (SSSR count). The molecule has 0 fully saturated rings. The zero-order valence-electron chi connectivity index (χ0n) is 11.3. The standard InChI is InChI=1S/C13H19NO4S/c1-10(2)14(8-9-15)13(16)11-4-6-12(7-5-11)19(3,17)18/h4-7,10,15H,8-9H2,1-3H3. The van der Waals surface area contributed by atoms with Crippen molar-refractivity contribution in [2.45, 2.75) is 24.8 Å². The minimum atomic E-state index is -3.26. The van der Waals surface area contributed by atoms with Crippen molar-refractivity contribution in [2.24, 2.45) is 0 Å². The maximum absolute atomic E-state index is 12.2. The van der Waals surface area contributed by atoms with Crippen LogP contribution in [0.4, 0.5) is 0 Å². The SMILES string of the molecule is CC(C)N(CCO)C(=O)c1ccc(S(C)(=O)=O)cc1. The van der Waals surface area contributed by atoms with Gasteiger partial charge < -0.3 is 10.0 Å². The number of carbonyl (C=O) groups is 1. The van der Waals surface area contributed by atoms with Crippen molar-refractivity contribution < 1.29 is 18.3 Å². The summed E-state index contributed by atoms with van der Waals surface area (Å²) >= 11 is 0. The summed E-state index contributed by atoms with van der Waals surface area (Å²) < 4.78 is 22.7. The molecule has 0 saturated heterocycles. The van der Waals surface area contributed by atoms with Crippen LogP contribution in [0.3, 0.4) is 0 Å². The highest BCUT2D eigenvalue weighted by Gasteiger charge is 2.18. The van der Waals surface area contributed by atoms with Crippen LogP contribution in [0.1, 0.15) is 24.2 Å². The molecule has 0 aliphatic heterocycles. The number of carbonyl (C=O) groups excluding carboxylic acids is 1. The molecule has 0 unspecified atom stereocenters. The van der Waals surface area contributed by atoms with Gasteiger partial charge in [0, 0.05) is 24.4 Å². The van der Waals surface area contributed by atoms with Crippen LogP contribution < -0.4 is 0 Å². The van der Waals surface area contributed by atoms with E-state index in [0.717, 1.165) is 6.26 Å². The smallest absolute Gasteiger partial charge is 0.254 e. The van der Waals surface area contributed by atoms with Crippen molar-refractivity contribution in [1.29, 1.82) is 0 Å². The van der Waals surface area contributed by atoms with E-state index in [0.29, 0.717) is 5.56 Å². The second kappa shape index (κ2) is 6.16. The van der Waals surface area contributed by atoms with Crippen LogP contribution >= 0.6 is 0 Å². The molecule has 0 spiro atoms. The van der Waals surface area contributed by atoms with E-state index in [2.05, 4.69) is 0 Å². The second-order valence-electron chi connectivity index (χ2n) is 4.61. The fraction of sp³-hybridized carbons (Fsp3) is 0.462. The van der Waals surface area contributed by atoms with E-state index in [1.54, 1.807) is 0 Å². The van der Waals surface area contributed by atoms with Crippen molar-refractivity contribution >= 4 is 15.7 Å². The molecule has 0 bridgehead atoms. The zero-order chi connectivity index (χ0) is 14.6. The molecule has 106 valence electrons. The van der Waals surface area contributed by atoms with Crippen LogP contribution in [0, 0.1) is 0 Å². The average Bonchev–Trinajstić information content (AvgIpc) is 2.34. The topological polar surface area (TPSA) is 74.7 Å². The molecular formula is C13H19NO4S. The average molecular weight is 285 g/mol. The predicted octanol–water partition coefficient (Wildman–Crippen LogP) is 0.933. The van der Waals surface area contributed by atoms with Crippen LogP contribution in [-0.4, -0.2) is 49.8 Å². The van der Waals surface area contributed by atoms with Crippen LogP contribution in [-0.2, 0) is 9.84 Å². The van der Waals surface area contributed by atoms with Gasteiger partial charge in [-0.05, 0) is 38.1 Å². The van der Waals surface area contributed by atoms with Crippen LogP contribution in [0.25, 0.3) is 0 Å². The molecule has 1 amide bonds. The Hall–Kier alpha value is -1.40. The van der Waals surface area contributed by atoms with E-state index < -0.39 is 9.84 Å². The van der Waals surface area contributed by atoms with Crippen LogP contribution in [0.2, 0.25) is 0 Å². The van der Waals surface area contributed by atoms with Gasteiger partial charge >= 0.3 is 0 Å². The first-order valence-electron chi connectivity index (χ1n) is 5.99. The van der Waals surface area contributed by atoms with E-state index in [4.69, 9.17) is 5.11 Å². The fourth-order valence-electron chi connectivity index (χ4n) is 1.71. The number of rotatable bonds is 5. The van der Waals surface area contributed by atoms with Gasteiger partial charge in [0.15, 0.2) is 9.84 Å². The molecule has 0 aliphatic carbocycles. The minimum absolute atomic E-state index is 0.0331. The zero-order valence-corrected chi connectivity index (χ0v) is 12.1. The number of aliphatic hydroxyl groups excluding tert-OH is 1. The molecule has 19 heavy (non-hydrogen) atoms. The molecular weight excluding hydrogens is 266 g/mol. The van der Waals surface area contributed by atoms with Crippen LogP contribution in [0.5, 0.6) is 0 Å². The molecule has 0 aliphatic rings. The highest BCUT2D eigenvalue weighted by Crippen LogP contribution is 2.13. The Morgan fingerprint density at radius 1 is 1.26 bits per heavy atom. The molecule has 0 radical (unpaired) electrons. The van der Waals surface area contributed by atoms with E-state index in [9.17, 15) is 13.2 Å². The van der Waals surface area contributed by atoms with Gasteiger partial charge in [0.05, 0.1) is 11.5 Å². The van der Waals surface area contributed by atoms with Crippen LogP contribution in [0.15, 0.2) is 29.2 Å². The molecule has 5 nitrogen and oxygen atoms in total. The molecule has 1 N–H and O–H groups in total. The summed E-state index contributed by atoms with van der Waals surface area (Å²) in [6, 6.07) is 5.78. The van der Waals surface area contributed by atoms with Gasteiger partial charge in [-0.1, -0.05) is 0 Å². The highest BCUT2D eigenvalue weighted by molar-refractivity contribution is 7.90. The molecule has 0 atom stereocenters. The Morgan fingerprint density at radius 2 is 1.79 bits per heavy atom. The van der Waals surface area contributed by atoms with Gasteiger partial charge in [0.25, 0.3) is 5.91 Å². The van der Waals surface area contributed by atoms with Gasteiger partial charge in [-0.3, -0.25) is 4.79 Å². The first-order valence-corrected chi connectivity index (χ1v) is 7.88. The van der Waals surface area contributed by atoms with Crippen molar-refractivity contribution in [3.05, 3.63) is 29.8 Å². The van der Waals surface area contributed by atoms with Gasteiger partial charge in [0.1, 0.15) is 0 Å². The Kier molecular flexibility index (Phi) is 5.08. The largest absolute Gasteiger partial charge is 0.395 e. The van der Waals surface area contributed by atoms with Crippen molar-refractivity contribution in [3.63, 3.8) is 0 Å². The Bertz CT molecular complexity index is 534. The maximum Gasteiger partial charge on any atom is 0.254 e. The Balaban J connectivity index is 3.00. The number of hydrogen-bond donors (Lipinski definition) is 1. The highest BCUT2D eigenvalue weighted by atomic mass is 32.2. The molecule has 1 aromatic rings. The molecule has 6 heteroatoms. The van der Waals surface area contributed by atoms with Gasteiger partial charge in [0.2, 0.25) is 0 Å². The lowest BCUT2D eigenvalue weighted by molar-refractivity contribution is 0.0665. The first-order chi connectivity index (χ1) is 8.77. The Labute approximate surface area is 113 Å². The molecule has 0 saturated carbocycles. The van der Waals surface area contributed by atoms with Gasteiger partial charge in [-0.15, -0.1) is 0 Å². The summed E-state index contributed by atoms with van der Waals surface area (Å²) in [5.74, 6) is -0.218. The van der Waals surface area contributed by atoms with Gasteiger partial charge in [-0.25, -0.2) is 8.42 Å². The van der Waals surface area contributed by atoms with Crippen molar-refractivity contribution in [1.82, 2.24) is 4.90 Å². The maximum atomic E-state index is 12.2. The quantitative estimate of drug-likeness (QED) is 0.873. The van der Waals surface area contributed by atoms with E-state index in [1.165, 1.54) is 29.2 Å². The lowest BCUT2D eigenvalue weighted by atomic mass is 10.1. The molecule has 0 heterocycles. The van der Waals surface area contributed by atoms with Gasteiger partial charge in [-0.2, -0.15) is 0 Å². The number of hydrogen-bond acceptors (Lipinski definition) is 4. The third-order valence-electron chi connectivity index (χ3n) is 2.75. The number of sulfone groups is 1. The molecule has 0 aromatic heterocycles. The number of amides is 1. The summed E-state index contributed by atoms with van der Waals surface area (Å²) in [7, 11) is -3.26. The monoisotopic (exact) mass is 285 g/mol. The lowest BCUT2D eigenvalue weighted by Gasteiger charge is -2.26. The predicted molar refractivity (Wildman–Crippen MR) is 72.8 cm³/mol. The first kappa shape index (κ1) is 15.7. The summed E-state index contributed by atoms with van der Waals surface area (Å²) in [5, 5.41) is 8.96. The summed E-state index contributed by atoms with van der Waals surface area (Å²) in [5.41, 5.74) is 0.412. The van der Waals surface area contributed by atoms with E-state index >= 15 is 0 Å². The fourth-order valence-corrected chi connectivity index (χ4v) is 2.34. The van der Waals surface area contributed by atoms with Crippen molar-refractivity contribution in [3.8, 4) is 0 Å². The van der Waals surface area contributed by atoms with E-state index in [1.807, 2.05) is 13.8 Å². The normalized spacial score (nSPS) is 11.6. The number of nitrogens with zero attached hydrogens (tertiary/aromatic N) is 1. The lowest BCUT2D eigenvalue weighted by Crippen LogP contribution is -2.39. The Morgan fingerprint density at radius 3 is 2.16 bits per heavy atom. The third-order valence-corrected chi connectivity index (χ3v) is 3.88. The number of benzene rings is 1. The minimum Gasteiger partial charge on any atom is -0.395 e. The molecule has 1 aromatic carbocycles.